The van der Waals surface area contributed by atoms with E-state index >= 15 is 0 Å². The summed E-state index contributed by atoms with van der Waals surface area (Å²) in [7, 11) is 0. The van der Waals surface area contributed by atoms with Crippen LogP contribution >= 0.6 is 0 Å². The maximum Gasteiger partial charge on any atom is 0.267 e. The smallest absolute Gasteiger partial charge is 0.267 e. The Hall–Kier alpha value is -4.38. The van der Waals surface area contributed by atoms with Gasteiger partial charge in [0.05, 0.1) is 17.8 Å². The van der Waals surface area contributed by atoms with Crippen molar-refractivity contribution in [1.82, 2.24) is 30.0 Å². The highest BCUT2D eigenvalue weighted by molar-refractivity contribution is 5.93. The quantitative estimate of drug-likeness (QED) is 0.251. The van der Waals surface area contributed by atoms with E-state index in [-0.39, 0.29) is 23.7 Å². The molecule has 0 saturated carbocycles. The first-order valence-electron chi connectivity index (χ1n) is 13.0. The Labute approximate surface area is 228 Å². The van der Waals surface area contributed by atoms with Gasteiger partial charge in [-0.25, -0.2) is 27.8 Å². The number of nitrogens with one attached hydrogen (secondary N) is 1. The van der Waals surface area contributed by atoms with Gasteiger partial charge in [0.2, 0.25) is 0 Å². The van der Waals surface area contributed by atoms with E-state index in [0.29, 0.717) is 29.1 Å². The molecule has 4 aromatic rings. The zero-order valence-electron chi connectivity index (χ0n) is 21.6. The second kappa shape index (κ2) is 12.2. The second-order valence-corrected chi connectivity index (χ2v) is 9.62. The minimum Gasteiger partial charge on any atom is -0.352 e. The lowest BCUT2D eigenvalue weighted by atomic mass is 10.1. The summed E-state index contributed by atoms with van der Waals surface area (Å²) in [6, 6.07) is 11.3. The van der Waals surface area contributed by atoms with Crippen molar-refractivity contribution in [2.75, 3.05) is 26.2 Å². The SMILES string of the molecule is O=C(NCCCN1CCCC1)c1cnc(-c2cccc(Cn3nc(-c4cc(F)c(F)c(F)c4)ccc3=O)c2)nc1. The van der Waals surface area contributed by atoms with E-state index in [1.54, 1.807) is 24.3 Å². The largest absolute Gasteiger partial charge is 0.352 e. The molecule has 0 radical (unpaired) electrons. The highest BCUT2D eigenvalue weighted by atomic mass is 19.2. The van der Waals surface area contributed by atoms with Crippen molar-refractivity contribution in [2.24, 2.45) is 0 Å². The molecule has 40 heavy (non-hydrogen) atoms. The molecule has 8 nitrogen and oxygen atoms in total. The van der Waals surface area contributed by atoms with E-state index in [4.69, 9.17) is 0 Å². The Morgan fingerprint density at radius 3 is 2.38 bits per heavy atom. The van der Waals surface area contributed by atoms with E-state index in [9.17, 15) is 22.8 Å². The fourth-order valence-corrected chi connectivity index (χ4v) is 4.61. The Morgan fingerprint density at radius 2 is 1.65 bits per heavy atom. The number of hydrogen-bond acceptors (Lipinski definition) is 6. The molecule has 1 aliphatic rings. The van der Waals surface area contributed by atoms with Crippen LogP contribution < -0.4 is 10.9 Å². The van der Waals surface area contributed by atoms with Gasteiger partial charge in [-0.3, -0.25) is 9.59 Å². The van der Waals surface area contributed by atoms with E-state index in [0.717, 1.165) is 42.9 Å². The summed E-state index contributed by atoms with van der Waals surface area (Å²) in [6.45, 7) is 3.87. The summed E-state index contributed by atoms with van der Waals surface area (Å²) >= 11 is 0. The number of amides is 1. The van der Waals surface area contributed by atoms with Gasteiger partial charge in [-0.2, -0.15) is 5.10 Å². The molecule has 1 saturated heterocycles. The standard InChI is InChI=1S/C29H27F3N6O2/c30-23-14-21(15-24(31)27(23)32)25-7-8-26(39)38(36-25)18-19-5-3-6-20(13-19)28-34-16-22(17-35-28)29(40)33-9-4-12-37-10-1-2-11-37/h3,5-8,13-17H,1-2,4,9-12,18H2,(H,33,40). The number of likely N-dealkylation sites (tertiary alicyclic amines) is 1. The van der Waals surface area contributed by atoms with Crippen molar-refractivity contribution in [3.8, 4) is 22.6 Å². The van der Waals surface area contributed by atoms with E-state index < -0.39 is 23.0 Å². The van der Waals surface area contributed by atoms with Gasteiger partial charge < -0.3 is 10.2 Å². The molecule has 0 atom stereocenters. The van der Waals surface area contributed by atoms with Gasteiger partial charge in [0, 0.05) is 36.1 Å². The lowest BCUT2D eigenvalue weighted by Crippen LogP contribution is -2.28. The van der Waals surface area contributed by atoms with Crippen molar-refractivity contribution >= 4 is 5.91 Å². The van der Waals surface area contributed by atoms with Gasteiger partial charge in [0.1, 0.15) is 0 Å². The fourth-order valence-electron chi connectivity index (χ4n) is 4.61. The van der Waals surface area contributed by atoms with Crippen LogP contribution in [0.2, 0.25) is 0 Å². The second-order valence-electron chi connectivity index (χ2n) is 9.62. The normalized spacial score (nSPS) is 13.5. The first-order chi connectivity index (χ1) is 19.4. The first-order valence-corrected chi connectivity index (χ1v) is 13.0. The highest BCUT2D eigenvalue weighted by Crippen LogP contribution is 2.22. The van der Waals surface area contributed by atoms with E-state index in [2.05, 4.69) is 25.3 Å². The van der Waals surface area contributed by atoms with Crippen LogP contribution in [0.25, 0.3) is 22.6 Å². The van der Waals surface area contributed by atoms with Crippen molar-refractivity contribution in [1.29, 1.82) is 0 Å². The summed E-state index contributed by atoms with van der Waals surface area (Å²) in [6.07, 6.45) is 6.31. The number of carbonyl (C=O) groups excluding carboxylic acids is 1. The number of aromatic nitrogens is 4. The number of hydrogen-bond donors (Lipinski definition) is 1. The predicted octanol–water partition coefficient (Wildman–Crippen LogP) is 4.05. The Morgan fingerprint density at radius 1 is 0.925 bits per heavy atom. The average molecular weight is 549 g/mol. The summed E-state index contributed by atoms with van der Waals surface area (Å²) in [5.74, 6) is -4.09. The van der Waals surface area contributed by atoms with Crippen molar-refractivity contribution in [2.45, 2.75) is 25.8 Å². The number of nitrogens with zero attached hydrogens (tertiary/aromatic N) is 5. The topological polar surface area (TPSA) is 93.0 Å². The molecule has 11 heteroatoms. The number of rotatable bonds is 9. The molecule has 1 aliphatic heterocycles. The molecule has 0 spiro atoms. The van der Waals surface area contributed by atoms with Crippen LogP contribution in [0.5, 0.6) is 0 Å². The molecule has 0 unspecified atom stereocenters. The lowest BCUT2D eigenvalue weighted by molar-refractivity contribution is 0.0951. The molecular formula is C29H27F3N6O2. The van der Waals surface area contributed by atoms with Gasteiger partial charge in [-0.15, -0.1) is 0 Å². The summed E-state index contributed by atoms with van der Waals surface area (Å²) in [5, 5.41) is 7.11. The Kier molecular flexibility index (Phi) is 8.30. The van der Waals surface area contributed by atoms with Gasteiger partial charge in [0.25, 0.3) is 11.5 Å². The fraction of sp³-hybridized carbons (Fsp3) is 0.276. The molecular weight excluding hydrogens is 521 g/mol. The van der Waals surface area contributed by atoms with Gasteiger partial charge in [-0.1, -0.05) is 18.2 Å². The summed E-state index contributed by atoms with van der Waals surface area (Å²) in [5.41, 5.74) is 1.42. The molecule has 5 rings (SSSR count). The molecule has 0 bridgehead atoms. The molecule has 2 aromatic heterocycles. The van der Waals surface area contributed by atoms with Gasteiger partial charge >= 0.3 is 0 Å². The predicted molar refractivity (Wildman–Crippen MR) is 143 cm³/mol. The molecule has 0 aliphatic carbocycles. The highest BCUT2D eigenvalue weighted by Gasteiger charge is 2.14. The monoisotopic (exact) mass is 548 g/mol. The number of benzene rings is 2. The van der Waals surface area contributed by atoms with Crippen LogP contribution in [0, 0.1) is 17.5 Å². The van der Waals surface area contributed by atoms with Crippen molar-refractivity contribution in [3.05, 3.63) is 99.9 Å². The number of carbonyl (C=O) groups is 1. The molecule has 1 amide bonds. The first kappa shape index (κ1) is 27.2. The Bertz CT molecular complexity index is 1550. The van der Waals surface area contributed by atoms with E-state index in [1.807, 2.05) is 0 Å². The maximum absolute atomic E-state index is 13.7. The molecule has 1 fully saturated rings. The third kappa shape index (κ3) is 6.42. The maximum atomic E-state index is 13.7. The minimum atomic E-state index is -1.57. The van der Waals surface area contributed by atoms with Crippen LogP contribution in [0.15, 0.2) is 65.7 Å². The summed E-state index contributed by atoms with van der Waals surface area (Å²) < 4.78 is 41.9. The van der Waals surface area contributed by atoms with E-state index in [1.165, 1.54) is 37.4 Å². The molecule has 3 heterocycles. The third-order valence-electron chi connectivity index (χ3n) is 6.71. The van der Waals surface area contributed by atoms with Crippen molar-refractivity contribution < 1.29 is 18.0 Å². The van der Waals surface area contributed by atoms with Crippen LogP contribution in [0.1, 0.15) is 35.2 Å². The number of halogens is 3. The van der Waals surface area contributed by atoms with Crippen LogP contribution in [-0.2, 0) is 6.54 Å². The molecule has 206 valence electrons. The van der Waals surface area contributed by atoms with Crippen LogP contribution in [0.4, 0.5) is 13.2 Å². The van der Waals surface area contributed by atoms with Gasteiger partial charge in [-0.05, 0) is 68.7 Å². The molecule has 1 N–H and O–H groups in total. The van der Waals surface area contributed by atoms with Gasteiger partial charge in [0.15, 0.2) is 23.3 Å². The van der Waals surface area contributed by atoms with Crippen LogP contribution in [0.3, 0.4) is 0 Å². The average Bonchev–Trinajstić information content (AvgIpc) is 3.49. The zero-order chi connectivity index (χ0) is 28.1. The zero-order valence-corrected chi connectivity index (χ0v) is 21.6. The molecule has 2 aromatic carbocycles. The van der Waals surface area contributed by atoms with Crippen molar-refractivity contribution in [3.63, 3.8) is 0 Å². The Balaban J connectivity index is 1.25. The third-order valence-corrected chi connectivity index (χ3v) is 6.71. The lowest BCUT2D eigenvalue weighted by Gasteiger charge is -2.14. The minimum absolute atomic E-state index is 0.00280. The summed E-state index contributed by atoms with van der Waals surface area (Å²) in [4.78, 5) is 36.0. The van der Waals surface area contributed by atoms with Crippen LogP contribution in [-0.4, -0.2) is 56.7 Å².